The molecule has 0 spiro atoms. The summed E-state index contributed by atoms with van der Waals surface area (Å²) >= 11 is 0. The molecule has 1 atom stereocenters. The van der Waals surface area contributed by atoms with Crippen molar-refractivity contribution in [2.45, 2.75) is 50.4 Å². The maximum absolute atomic E-state index is 13.3. The molecule has 2 aliphatic carbocycles. The number of pyridine rings is 1. The van der Waals surface area contributed by atoms with Gasteiger partial charge in [0.15, 0.2) is 11.5 Å². The van der Waals surface area contributed by atoms with Gasteiger partial charge in [-0.15, -0.1) is 0 Å². The number of methoxy groups -OCH3 is 1. The molecule has 0 unspecified atom stereocenters. The second-order valence-corrected chi connectivity index (χ2v) is 9.65. The van der Waals surface area contributed by atoms with E-state index in [1.54, 1.807) is 13.0 Å². The molecule has 9 nitrogen and oxygen atoms in total. The summed E-state index contributed by atoms with van der Waals surface area (Å²) in [6.07, 6.45) is -1.33. The number of fused-ring (bicyclic) bond motifs is 1. The Morgan fingerprint density at radius 2 is 1.95 bits per heavy atom. The second-order valence-electron chi connectivity index (χ2n) is 9.65. The number of rotatable bonds is 8. The normalized spacial score (nSPS) is 17.4. The van der Waals surface area contributed by atoms with Gasteiger partial charge in [-0.25, -0.2) is 9.97 Å². The first-order valence-corrected chi connectivity index (χ1v) is 11.9. The van der Waals surface area contributed by atoms with Crippen molar-refractivity contribution in [2.75, 3.05) is 13.7 Å². The summed E-state index contributed by atoms with van der Waals surface area (Å²) in [7, 11) is 1.33. The van der Waals surface area contributed by atoms with Gasteiger partial charge < -0.3 is 25.5 Å². The number of nitrogens with zero attached hydrogens (tertiary/aromatic N) is 2. The maximum atomic E-state index is 13.3. The number of amides is 2. The summed E-state index contributed by atoms with van der Waals surface area (Å²) in [5.74, 6) is -0.162. The van der Waals surface area contributed by atoms with Crippen LogP contribution in [0.15, 0.2) is 28.7 Å². The fraction of sp³-hybridized carbons (Fsp3) is 0.440. The number of aromatic nitrogens is 2. The van der Waals surface area contributed by atoms with Crippen LogP contribution in [0.2, 0.25) is 0 Å². The molecule has 1 aromatic carbocycles. The summed E-state index contributed by atoms with van der Waals surface area (Å²) in [4.78, 5) is 33.4. The van der Waals surface area contributed by atoms with Crippen molar-refractivity contribution in [2.24, 2.45) is 11.7 Å². The molecule has 2 fully saturated rings. The van der Waals surface area contributed by atoms with E-state index in [-0.39, 0.29) is 47.0 Å². The Hall–Kier alpha value is -3.67. The first kappa shape index (κ1) is 25.0. The molecular formula is C25H26F3N5O4. The van der Waals surface area contributed by atoms with Crippen LogP contribution in [0.5, 0.6) is 5.75 Å². The number of hydrogen-bond acceptors (Lipinski definition) is 7. The molecule has 2 aromatic heterocycles. The highest BCUT2D eigenvalue weighted by Gasteiger charge is 2.46. The average Bonchev–Trinajstić information content (AvgIpc) is 3.79. The summed E-state index contributed by atoms with van der Waals surface area (Å²) in [5, 5.41) is 6.15. The van der Waals surface area contributed by atoms with Crippen LogP contribution < -0.4 is 21.1 Å². The second kappa shape index (κ2) is 9.02. The SMILES string of the molecule is COc1ccc(-c2nc(C(=O)NCC3(NC(=O)C4CC4)CC3)c([C@H](C)N)o2)c2ccc(C(F)(F)F)nc12. The Kier molecular flexibility index (Phi) is 6.09. The number of ether oxygens (including phenoxy) is 1. The lowest BCUT2D eigenvalue weighted by molar-refractivity contribution is -0.141. The van der Waals surface area contributed by atoms with E-state index in [0.29, 0.717) is 10.9 Å². The number of nitrogens with two attached hydrogens (primary N) is 1. The van der Waals surface area contributed by atoms with Crippen LogP contribution in [0.3, 0.4) is 0 Å². The van der Waals surface area contributed by atoms with E-state index in [4.69, 9.17) is 14.9 Å². The van der Waals surface area contributed by atoms with Crippen molar-refractivity contribution in [1.29, 1.82) is 0 Å². The number of benzene rings is 1. The number of halogens is 3. The Bertz CT molecular complexity index is 1380. The van der Waals surface area contributed by atoms with Crippen molar-refractivity contribution in [3.8, 4) is 17.2 Å². The Labute approximate surface area is 210 Å². The van der Waals surface area contributed by atoms with Crippen molar-refractivity contribution >= 4 is 22.7 Å². The van der Waals surface area contributed by atoms with Gasteiger partial charge in [-0.2, -0.15) is 13.2 Å². The highest BCUT2D eigenvalue weighted by molar-refractivity contribution is 5.98. The molecule has 0 radical (unpaired) electrons. The van der Waals surface area contributed by atoms with Gasteiger partial charge in [0.2, 0.25) is 11.8 Å². The minimum atomic E-state index is -4.64. The standard InChI is InChI=1S/C25H26F3N5O4/c1-12(29)20-19(22(35)30-11-24(9-10-24)33-21(34)13-3-4-13)32-23(37-20)15-5-7-16(36-2)18-14(15)6-8-17(31-18)25(26,27)28/h5-8,12-13H,3-4,9-11,29H2,1-2H3,(H,30,35)(H,33,34)/t12-/m0/s1. The number of carbonyl (C=O) groups excluding carboxylic acids is 2. The highest BCUT2D eigenvalue weighted by Crippen LogP contribution is 2.39. The molecule has 2 heterocycles. The van der Waals surface area contributed by atoms with Crippen molar-refractivity contribution in [3.05, 3.63) is 41.4 Å². The third-order valence-corrected chi connectivity index (χ3v) is 6.62. The largest absolute Gasteiger partial charge is 0.494 e. The quantitative estimate of drug-likeness (QED) is 0.415. The van der Waals surface area contributed by atoms with Crippen LogP contribution in [0.1, 0.15) is 60.6 Å². The van der Waals surface area contributed by atoms with E-state index in [0.717, 1.165) is 31.7 Å². The summed E-state index contributed by atoms with van der Waals surface area (Å²) < 4.78 is 50.9. The molecule has 0 saturated heterocycles. The smallest absolute Gasteiger partial charge is 0.433 e. The number of oxazole rings is 1. The van der Waals surface area contributed by atoms with Gasteiger partial charge in [-0.05, 0) is 56.9 Å². The Balaban J connectivity index is 1.44. The molecule has 0 aliphatic heterocycles. The van der Waals surface area contributed by atoms with Gasteiger partial charge in [0.05, 0.1) is 18.7 Å². The van der Waals surface area contributed by atoms with Crippen molar-refractivity contribution in [3.63, 3.8) is 0 Å². The van der Waals surface area contributed by atoms with Gasteiger partial charge in [0.25, 0.3) is 5.91 Å². The number of carbonyl (C=O) groups is 2. The van der Waals surface area contributed by atoms with Gasteiger partial charge in [-0.3, -0.25) is 9.59 Å². The van der Waals surface area contributed by atoms with Gasteiger partial charge in [0.1, 0.15) is 17.0 Å². The van der Waals surface area contributed by atoms with Crippen LogP contribution in [0.25, 0.3) is 22.4 Å². The minimum Gasteiger partial charge on any atom is -0.494 e. The van der Waals surface area contributed by atoms with Gasteiger partial charge in [-0.1, -0.05) is 0 Å². The lowest BCUT2D eigenvalue weighted by Crippen LogP contribution is -2.46. The van der Waals surface area contributed by atoms with Crippen LogP contribution >= 0.6 is 0 Å². The van der Waals surface area contributed by atoms with Crippen LogP contribution in [0, 0.1) is 5.92 Å². The van der Waals surface area contributed by atoms with Crippen molar-refractivity contribution in [1.82, 2.24) is 20.6 Å². The summed E-state index contributed by atoms with van der Waals surface area (Å²) in [6, 6.07) is 4.46. The topological polar surface area (TPSA) is 132 Å². The zero-order valence-electron chi connectivity index (χ0n) is 20.2. The fourth-order valence-corrected chi connectivity index (χ4v) is 4.16. The maximum Gasteiger partial charge on any atom is 0.433 e. The fourth-order valence-electron chi connectivity index (χ4n) is 4.16. The molecule has 37 heavy (non-hydrogen) atoms. The molecular weight excluding hydrogens is 491 g/mol. The van der Waals surface area contributed by atoms with E-state index < -0.39 is 29.4 Å². The van der Waals surface area contributed by atoms with E-state index >= 15 is 0 Å². The molecule has 2 saturated carbocycles. The van der Waals surface area contributed by atoms with E-state index in [9.17, 15) is 22.8 Å². The highest BCUT2D eigenvalue weighted by atomic mass is 19.4. The molecule has 3 aromatic rings. The number of hydrogen-bond donors (Lipinski definition) is 3. The van der Waals surface area contributed by atoms with Crippen LogP contribution in [0.4, 0.5) is 13.2 Å². The monoisotopic (exact) mass is 517 g/mol. The molecule has 0 bridgehead atoms. The molecule has 196 valence electrons. The summed E-state index contributed by atoms with van der Waals surface area (Å²) in [5.41, 5.74) is 4.79. The Morgan fingerprint density at radius 1 is 1.22 bits per heavy atom. The zero-order valence-corrected chi connectivity index (χ0v) is 20.2. The predicted molar refractivity (Wildman–Crippen MR) is 127 cm³/mol. The number of alkyl halides is 3. The predicted octanol–water partition coefficient (Wildman–Crippen LogP) is 3.73. The Morgan fingerprint density at radius 3 is 2.54 bits per heavy atom. The molecule has 2 amide bonds. The lowest BCUT2D eigenvalue weighted by atomic mass is 10.1. The van der Waals surface area contributed by atoms with E-state index in [2.05, 4.69) is 20.6 Å². The zero-order chi connectivity index (χ0) is 26.5. The third-order valence-electron chi connectivity index (χ3n) is 6.62. The van der Waals surface area contributed by atoms with Crippen LogP contribution in [-0.2, 0) is 11.0 Å². The van der Waals surface area contributed by atoms with Crippen LogP contribution in [-0.4, -0.2) is 41.0 Å². The first-order valence-electron chi connectivity index (χ1n) is 11.9. The molecule has 5 rings (SSSR count). The van der Waals surface area contributed by atoms with E-state index in [1.807, 2.05) is 0 Å². The molecule has 4 N–H and O–H groups in total. The van der Waals surface area contributed by atoms with E-state index in [1.165, 1.54) is 19.2 Å². The van der Waals surface area contributed by atoms with Gasteiger partial charge in [0, 0.05) is 23.4 Å². The molecule has 12 heteroatoms. The van der Waals surface area contributed by atoms with Crippen molar-refractivity contribution < 1.29 is 31.9 Å². The molecule has 2 aliphatic rings. The minimum absolute atomic E-state index is 0.00910. The number of nitrogens with one attached hydrogen (secondary N) is 2. The summed E-state index contributed by atoms with van der Waals surface area (Å²) in [6.45, 7) is 1.86. The van der Waals surface area contributed by atoms with Gasteiger partial charge >= 0.3 is 6.18 Å². The third kappa shape index (κ3) is 4.97. The average molecular weight is 518 g/mol. The first-order chi connectivity index (χ1) is 17.5. The lowest BCUT2D eigenvalue weighted by Gasteiger charge is -2.18.